The van der Waals surface area contributed by atoms with E-state index in [1.807, 2.05) is 32.3 Å². The normalized spacial score (nSPS) is 10.7. The summed E-state index contributed by atoms with van der Waals surface area (Å²) >= 11 is 0. The zero-order valence-electron chi connectivity index (χ0n) is 11.1. The van der Waals surface area contributed by atoms with Crippen LogP contribution in [0.2, 0.25) is 0 Å². The molecule has 0 spiro atoms. The number of aliphatic hydroxyl groups is 1. The smallest absolute Gasteiger partial charge is 0.220 e. The van der Waals surface area contributed by atoms with Crippen LogP contribution in [0.4, 0.5) is 0 Å². The second-order valence-electron chi connectivity index (χ2n) is 4.61. The number of rotatable bonds is 7. The van der Waals surface area contributed by atoms with Crippen molar-refractivity contribution < 1.29 is 9.90 Å². The molecule has 1 aromatic rings. The number of nitrogens with zero attached hydrogens (tertiary/aromatic N) is 1. The zero-order chi connectivity index (χ0) is 13.4. The fourth-order valence-electron chi connectivity index (χ4n) is 1.75. The quantitative estimate of drug-likeness (QED) is 0.763. The molecule has 1 amide bonds. The van der Waals surface area contributed by atoms with Crippen LogP contribution < -0.4 is 5.32 Å². The SMILES string of the molecule is CN(C)Cc1ccccc1CNC(=O)CCCO. The first-order valence-electron chi connectivity index (χ1n) is 6.22. The van der Waals surface area contributed by atoms with Gasteiger partial charge in [-0.1, -0.05) is 24.3 Å². The first kappa shape index (κ1) is 14.7. The van der Waals surface area contributed by atoms with E-state index in [4.69, 9.17) is 5.11 Å². The minimum absolute atomic E-state index is 0.0105. The predicted molar refractivity (Wildman–Crippen MR) is 72.0 cm³/mol. The Hall–Kier alpha value is -1.39. The number of nitrogens with one attached hydrogen (secondary N) is 1. The molecule has 4 heteroatoms. The Kier molecular flexibility index (Phi) is 6.39. The van der Waals surface area contributed by atoms with Crippen LogP contribution in [0.3, 0.4) is 0 Å². The summed E-state index contributed by atoms with van der Waals surface area (Å²) in [5, 5.41) is 11.5. The maximum Gasteiger partial charge on any atom is 0.220 e. The summed E-state index contributed by atoms with van der Waals surface area (Å²) in [5.41, 5.74) is 2.37. The van der Waals surface area contributed by atoms with E-state index in [2.05, 4.69) is 16.3 Å². The number of carbonyl (C=O) groups excluding carboxylic acids is 1. The van der Waals surface area contributed by atoms with Crippen LogP contribution in [-0.4, -0.2) is 36.6 Å². The van der Waals surface area contributed by atoms with Crippen LogP contribution in [0.1, 0.15) is 24.0 Å². The van der Waals surface area contributed by atoms with Crippen molar-refractivity contribution in [1.82, 2.24) is 10.2 Å². The predicted octanol–water partition coefficient (Wildman–Crippen LogP) is 1.14. The second kappa shape index (κ2) is 7.84. The molecule has 0 fully saturated rings. The number of amides is 1. The Morgan fingerprint density at radius 2 is 1.94 bits per heavy atom. The van der Waals surface area contributed by atoms with Gasteiger partial charge in [0.25, 0.3) is 0 Å². The molecule has 0 radical (unpaired) electrons. The van der Waals surface area contributed by atoms with Gasteiger partial charge in [-0.15, -0.1) is 0 Å². The lowest BCUT2D eigenvalue weighted by molar-refractivity contribution is -0.121. The van der Waals surface area contributed by atoms with Crippen LogP contribution in [0.15, 0.2) is 24.3 Å². The molecular formula is C14H22N2O2. The molecule has 0 unspecified atom stereocenters. The van der Waals surface area contributed by atoms with Crippen molar-refractivity contribution in [2.45, 2.75) is 25.9 Å². The molecule has 18 heavy (non-hydrogen) atoms. The van der Waals surface area contributed by atoms with Gasteiger partial charge in [0.1, 0.15) is 0 Å². The van der Waals surface area contributed by atoms with E-state index in [1.165, 1.54) is 5.56 Å². The van der Waals surface area contributed by atoms with Crippen molar-refractivity contribution in [1.29, 1.82) is 0 Å². The summed E-state index contributed by atoms with van der Waals surface area (Å²) in [6, 6.07) is 8.10. The number of benzene rings is 1. The van der Waals surface area contributed by atoms with E-state index in [9.17, 15) is 4.79 Å². The number of hydrogen-bond donors (Lipinski definition) is 2. The van der Waals surface area contributed by atoms with E-state index < -0.39 is 0 Å². The molecule has 0 saturated carbocycles. The minimum Gasteiger partial charge on any atom is -0.396 e. The Bertz CT molecular complexity index is 378. The first-order valence-corrected chi connectivity index (χ1v) is 6.22. The van der Waals surface area contributed by atoms with E-state index in [0.717, 1.165) is 12.1 Å². The summed E-state index contributed by atoms with van der Waals surface area (Å²) in [6.07, 6.45) is 0.900. The first-order chi connectivity index (χ1) is 8.63. The van der Waals surface area contributed by atoms with Crippen LogP contribution in [-0.2, 0) is 17.9 Å². The molecular weight excluding hydrogens is 228 g/mol. The molecule has 0 heterocycles. The molecule has 0 bridgehead atoms. The lowest BCUT2D eigenvalue weighted by Gasteiger charge is -2.14. The lowest BCUT2D eigenvalue weighted by Crippen LogP contribution is -2.24. The summed E-state index contributed by atoms with van der Waals surface area (Å²) in [6.45, 7) is 1.47. The number of aliphatic hydroxyl groups excluding tert-OH is 1. The summed E-state index contributed by atoms with van der Waals surface area (Å²) < 4.78 is 0. The fraction of sp³-hybridized carbons (Fsp3) is 0.500. The maximum absolute atomic E-state index is 11.5. The zero-order valence-corrected chi connectivity index (χ0v) is 11.1. The molecule has 0 atom stereocenters. The van der Waals surface area contributed by atoms with Crippen molar-refractivity contribution in [3.05, 3.63) is 35.4 Å². The third-order valence-corrected chi connectivity index (χ3v) is 2.64. The van der Waals surface area contributed by atoms with Crippen LogP contribution in [0.5, 0.6) is 0 Å². The van der Waals surface area contributed by atoms with Gasteiger partial charge in [0.05, 0.1) is 0 Å². The molecule has 1 aromatic carbocycles. The van der Waals surface area contributed by atoms with Gasteiger partial charge < -0.3 is 15.3 Å². The molecule has 100 valence electrons. The highest BCUT2D eigenvalue weighted by Crippen LogP contribution is 2.10. The van der Waals surface area contributed by atoms with Gasteiger partial charge in [-0.05, 0) is 31.6 Å². The highest BCUT2D eigenvalue weighted by molar-refractivity contribution is 5.75. The van der Waals surface area contributed by atoms with E-state index >= 15 is 0 Å². The maximum atomic E-state index is 11.5. The Morgan fingerprint density at radius 3 is 2.56 bits per heavy atom. The van der Waals surface area contributed by atoms with Crippen molar-refractivity contribution in [2.24, 2.45) is 0 Å². The molecule has 0 aliphatic heterocycles. The molecule has 2 N–H and O–H groups in total. The Labute approximate surface area is 109 Å². The monoisotopic (exact) mass is 250 g/mol. The van der Waals surface area contributed by atoms with Crippen molar-refractivity contribution >= 4 is 5.91 Å². The van der Waals surface area contributed by atoms with Gasteiger partial charge in [0, 0.05) is 26.1 Å². The van der Waals surface area contributed by atoms with Crippen molar-refractivity contribution in [3.8, 4) is 0 Å². The van der Waals surface area contributed by atoms with Gasteiger partial charge >= 0.3 is 0 Å². The van der Waals surface area contributed by atoms with Gasteiger partial charge in [0.2, 0.25) is 5.91 Å². The van der Waals surface area contributed by atoms with Crippen LogP contribution >= 0.6 is 0 Å². The van der Waals surface area contributed by atoms with Gasteiger partial charge in [-0.25, -0.2) is 0 Å². The number of hydrogen-bond acceptors (Lipinski definition) is 3. The average Bonchev–Trinajstić information content (AvgIpc) is 2.34. The van der Waals surface area contributed by atoms with Crippen molar-refractivity contribution in [2.75, 3.05) is 20.7 Å². The van der Waals surface area contributed by atoms with E-state index in [-0.39, 0.29) is 12.5 Å². The lowest BCUT2D eigenvalue weighted by atomic mass is 10.1. The highest BCUT2D eigenvalue weighted by atomic mass is 16.3. The fourth-order valence-corrected chi connectivity index (χ4v) is 1.75. The third kappa shape index (κ3) is 5.29. The molecule has 0 saturated heterocycles. The molecule has 1 rings (SSSR count). The van der Waals surface area contributed by atoms with Gasteiger partial charge in [-0.2, -0.15) is 0 Å². The topological polar surface area (TPSA) is 52.6 Å². The Balaban J connectivity index is 2.53. The molecule has 0 aromatic heterocycles. The summed E-state index contributed by atoms with van der Waals surface area (Å²) in [5.74, 6) is -0.0105. The Morgan fingerprint density at radius 1 is 1.28 bits per heavy atom. The van der Waals surface area contributed by atoms with Gasteiger partial charge in [-0.3, -0.25) is 4.79 Å². The highest BCUT2D eigenvalue weighted by Gasteiger charge is 2.05. The molecule has 4 nitrogen and oxygen atoms in total. The minimum atomic E-state index is -0.0105. The van der Waals surface area contributed by atoms with E-state index in [1.54, 1.807) is 0 Å². The standard InChI is InChI=1S/C14H22N2O2/c1-16(2)11-13-7-4-3-6-12(13)10-15-14(18)8-5-9-17/h3-4,6-7,17H,5,8-11H2,1-2H3,(H,15,18). The van der Waals surface area contributed by atoms with Crippen molar-refractivity contribution in [3.63, 3.8) is 0 Å². The van der Waals surface area contributed by atoms with Gasteiger partial charge in [0.15, 0.2) is 0 Å². The molecule has 0 aliphatic rings. The largest absolute Gasteiger partial charge is 0.396 e. The number of carbonyl (C=O) groups is 1. The summed E-state index contributed by atoms with van der Waals surface area (Å²) in [7, 11) is 4.05. The molecule has 0 aliphatic carbocycles. The van der Waals surface area contributed by atoms with Crippen LogP contribution in [0.25, 0.3) is 0 Å². The average molecular weight is 250 g/mol. The van der Waals surface area contributed by atoms with E-state index in [0.29, 0.717) is 19.4 Å². The third-order valence-electron chi connectivity index (χ3n) is 2.64. The summed E-state index contributed by atoms with van der Waals surface area (Å²) in [4.78, 5) is 13.6. The second-order valence-corrected chi connectivity index (χ2v) is 4.61. The van der Waals surface area contributed by atoms with Crippen LogP contribution in [0, 0.1) is 0 Å².